The molecule has 0 amide bonds. The van der Waals surface area contributed by atoms with Gasteiger partial charge in [-0.2, -0.15) is 4.68 Å². The summed E-state index contributed by atoms with van der Waals surface area (Å²) in [6, 6.07) is 15.7. The second-order valence-electron chi connectivity index (χ2n) is 6.63. The lowest BCUT2D eigenvalue weighted by atomic mass is 10.2. The van der Waals surface area contributed by atoms with E-state index in [2.05, 4.69) is 30.4 Å². The highest BCUT2D eigenvalue weighted by Crippen LogP contribution is 2.32. The Morgan fingerprint density at radius 3 is 2.62 bits per heavy atom. The minimum Gasteiger partial charge on any atom is -0.493 e. The van der Waals surface area contributed by atoms with E-state index in [9.17, 15) is 0 Å². The first-order chi connectivity index (χ1) is 14.8. The van der Waals surface area contributed by atoms with Gasteiger partial charge in [-0.25, -0.2) is 4.98 Å². The molecule has 32 heavy (non-hydrogen) atoms. The Morgan fingerprint density at radius 2 is 1.88 bits per heavy atom. The van der Waals surface area contributed by atoms with Crippen LogP contribution in [0.4, 0.5) is 0 Å². The van der Waals surface area contributed by atoms with Crippen LogP contribution in [0.5, 0.6) is 17.5 Å². The Kier molecular flexibility index (Phi) is 9.93. The zero-order chi connectivity index (χ0) is 20.6. The average molecular weight is 478 g/mol. The summed E-state index contributed by atoms with van der Waals surface area (Å²) in [4.78, 5) is 4.05. The fourth-order valence-electron chi connectivity index (χ4n) is 3.02. The van der Waals surface area contributed by atoms with Crippen LogP contribution in [0.2, 0.25) is 0 Å². The number of methoxy groups -OCH3 is 1. The van der Waals surface area contributed by atoms with Gasteiger partial charge in [-0.3, -0.25) is 0 Å². The van der Waals surface area contributed by atoms with Crippen molar-refractivity contribution in [1.82, 2.24) is 35.1 Å². The lowest BCUT2D eigenvalue weighted by Gasteiger charge is -2.12. The average Bonchev–Trinajstić information content (AvgIpc) is 3.47. The third-order valence-electron chi connectivity index (χ3n) is 4.53. The summed E-state index contributed by atoms with van der Waals surface area (Å²) in [5.41, 5.74) is 1.91. The lowest BCUT2D eigenvalue weighted by molar-refractivity contribution is 0.362. The van der Waals surface area contributed by atoms with Gasteiger partial charge in [0.2, 0.25) is 0 Å². The molecule has 11 heteroatoms. The molecule has 0 saturated carbocycles. The van der Waals surface area contributed by atoms with E-state index in [-0.39, 0.29) is 30.8 Å². The SMILES string of the molecule is COc1cc(CNCCCn2ccnc2)ccc1Oc1nnnn1-c1ccccc1.Cl.Cl. The first-order valence-corrected chi connectivity index (χ1v) is 9.68. The number of aryl methyl sites for hydroxylation is 1. The third kappa shape index (κ3) is 6.43. The number of ether oxygens (including phenoxy) is 2. The van der Waals surface area contributed by atoms with Crippen molar-refractivity contribution in [3.63, 3.8) is 0 Å². The number of nitrogens with one attached hydrogen (secondary N) is 1. The number of hydrogen-bond donors (Lipinski definition) is 1. The van der Waals surface area contributed by atoms with Gasteiger partial charge in [0.05, 0.1) is 19.1 Å². The molecule has 1 N–H and O–H groups in total. The van der Waals surface area contributed by atoms with E-state index in [1.807, 2.05) is 61.1 Å². The molecule has 0 aliphatic heterocycles. The number of nitrogens with zero attached hydrogens (tertiary/aromatic N) is 6. The largest absolute Gasteiger partial charge is 0.493 e. The van der Waals surface area contributed by atoms with Crippen molar-refractivity contribution in [3.05, 3.63) is 72.8 Å². The van der Waals surface area contributed by atoms with Gasteiger partial charge in [0.25, 0.3) is 0 Å². The lowest BCUT2D eigenvalue weighted by Crippen LogP contribution is -2.16. The Morgan fingerprint density at radius 1 is 1.03 bits per heavy atom. The molecule has 2 heterocycles. The summed E-state index contributed by atoms with van der Waals surface area (Å²) < 4.78 is 15.1. The number of aromatic nitrogens is 6. The normalized spacial score (nSPS) is 10.2. The van der Waals surface area contributed by atoms with Crippen LogP contribution < -0.4 is 14.8 Å². The molecule has 0 aliphatic rings. The second-order valence-corrected chi connectivity index (χ2v) is 6.63. The van der Waals surface area contributed by atoms with Crippen LogP contribution >= 0.6 is 24.8 Å². The summed E-state index contributed by atoms with van der Waals surface area (Å²) in [6.07, 6.45) is 6.62. The zero-order valence-corrected chi connectivity index (χ0v) is 19.1. The maximum absolute atomic E-state index is 5.94. The summed E-state index contributed by atoms with van der Waals surface area (Å²) >= 11 is 0. The monoisotopic (exact) mass is 477 g/mol. The fraction of sp³-hybridized carbons (Fsp3) is 0.238. The van der Waals surface area contributed by atoms with Gasteiger partial charge >= 0.3 is 6.01 Å². The Hall–Kier alpha value is -3.14. The smallest absolute Gasteiger partial charge is 0.346 e. The standard InChI is InChI=1S/C21H23N7O2.2ClH/c1-29-20-14-17(15-22-10-5-12-27-13-11-23-16-27)8-9-19(20)30-21-24-25-26-28(21)18-6-3-2-4-7-18;;/h2-4,6-9,11,13-14,16,22H,5,10,12,15H2,1H3;2*1H. The predicted molar refractivity (Wildman–Crippen MR) is 125 cm³/mol. The highest BCUT2D eigenvalue weighted by atomic mass is 35.5. The zero-order valence-electron chi connectivity index (χ0n) is 17.5. The minimum absolute atomic E-state index is 0. The molecular weight excluding hydrogens is 453 g/mol. The third-order valence-corrected chi connectivity index (χ3v) is 4.53. The topological polar surface area (TPSA) is 91.9 Å². The van der Waals surface area contributed by atoms with Crippen molar-refractivity contribution >= 4 is 24.8 Å². The highest BCUT2D eigenvalue weighted by Gasteiger charge is 2.14. The number of tetrazole rings is 1. The molecule has 4 aromatic rings. The van der Waals surface area contributed by atoms with Crippen molar-refractivity contribution in [2.24, 2.45) is 0 Å². The number of benzene rings is 2. The number of rotatable bonds is 10. The second kappa shape index (κ2) is 12.7. The number of imidazole rings is 1. The van der Waals surface area contributed by atoms with Crippen LogP contribution in [-0.4, -0.2) is 43.4 Å². The van der Waals surface area contributed by atoms with Crippen LogP contribution in [0, 0.1) is 0 Å². The van der Waals surface area contributed by atoms with E-state index in [0.717, 1.165) is 37.3 Å². The molecule has 2 aromatic carbocycles. The van der Waals surface area contributed by atoms with Gasteiger partial charge in [-0.15, -0.1) is 24.8 Å². The van der Waals surface area contributed by atoms with Gasteiger partial charge in [-0.05, 0) is 53.2 Å². The molecule has 0 fully saturated rings. The van der Waals surface area contributed by atoms with Crippen LogP contribution in [0.3, 0.4) is 0 Å². The number of halogens is 2. The van der Waals surface area contributed by atoms with E-state index in [1.165, 1.54) is 4.68 Å². The first-order valence-electron chi connectivity index (χ1n) is 9.68. The molecule has 0 atom stereocenters. The molecule has 0 spiro atoms. The highest BCUT2D eigenvalue weighted by molar-refractivity contribution is 5.85. The van der Waals surface area contributed by atoms with E-state index in [0.29, 0.717) is 11.5 Å². The summed E-state index contributed by atoms with van der Waals surface area (Å²) in [7, 11) is 1.62. The van der Waals surface area contributed by atoms with Gasteiger partial charge in [0.1, 0.15) is 0 Å². The van der Waals surface area contributed by atoms with Crippen LogP contribution in [0.15, 0.2) is 67.3 Å². The fourth-order valence-corrected chi connectivity index (χ4v) is 3.02. The molecule has 0 bridgehead atoms. The molecule has 170 valence electrons. The van der Waals surface area contributed by atoms with E-state index >= 15 is 0 Å². The summed E-state index contributed by atoms with van der Waals surface area (Å²) in [5, 5.41) is 15.2. The number of para-hydroxylation sites is 1. The molecule has 0 saturated heterocycles. The molecule has 0 unspecified atom stereocenters. The Balaban J connectivity index is 0.00000181. The molecular formula is C21H25Cl2N7O2. The molecule has 2 aromatic heterocycles. The predicted octanol–water partition coefficient (Wildman–Crippen LogP) is 3.68. The maximum atomic E-state index is 5.94. The maximum Gasteiger partial charge on any atom is 0.346 e. The Labute approximate surface area is 198 Å². The van der Waals surface area contributed by atoms with Gasteiger partial charge < -0.3 is 19.4 Å². The molecule has 9 nitrogen and oxygen atoms in total. The quantitative estimate of drug-likeness (QED) is 0.348. The van der Waals surface area contributed by atoms with Gasteiger partial charge in [0, 0.05) is 25.5 Å². The molecule has 0 radical (unpaired) electrons. The number of hydrogen-bond acceptors (Lipinski definition) is 7. The van der Waals surface area contributed by atoms with Gasteiger partial charge in [0.15, 0.2) is 11.5 Å². The molecule has 4 rings (SSSR count). The van der Waals surface area contributed by atoms with Crippen molar-refractivity contribution in [2.45, 2.75) is 19.5 Å². The summed E-state index contributed by atoms with van der Waals surface area (Å²) in [5.74, 6) is 1.17. The van der Waals surface area contributed by atoms with E-state index in [4.69, 9.17) is 9.47 Å². The van der Waals surface area contributed by atoms with Crippen molar-refractivity contribution in [3.8, 4) is 23.2 Å². The van der Waals surface area contributed by atoms with Gasteiger partial charge in [-0.1, -0.05) is 29.4 Å². The van der Waals surface area contributed by atoms with Crippen LogP contribution in [0.25, 0.3) is 5.69 Å². The van der Waals surface area contributed by atoms with Crippen molar-refractivity contribution < 1.29 is 9.47 Å². The van der Waals surface area contributed by atoms with Crippen molar-refractivity contribution in [2.75, 3.05) is 13.7 Å². The Bertz CT molecular complexity index is 1060. The van der Waals surface area contributed by atoms with Crippen LogP contribution in [0.1, 0.15) is 12.0 Å². The van der Waals surface area contributed by atoms with Crippen LogP contribution in [-0.2, 0) is 13.1 Å². The van der Waals surface area contributed by atoms with E-state index in [1.54, 1.807) is 13.3 Å². The summed E-state index contributed by atoms with van der Waals surface area (Å²) in [6.45, 7) is 2.59. The molecule has 0 aliphatic carbocycles. The van der Waals surface area contributed by atoms with Crippen molar-refractivity contribution in [1.29, 1.82) is 0 Å². The van der Waals surface area contributed by atoms with E-state index < -0.39 is 0 Å². The minimum atomic E-state index is 0. The first kappa shape index (κ1) is 25.1.